The second-order valence-electron chi connectivity index (χ2n) is 8.21. The predicted molar refractivity (Wildman–Crippen MR) is 132 cm³/mol. The summed E-state index contributed by atoms with van der Waals surface area (Å²) >= 11 is 1.32. The van der Waals surface area contributed by atoms with Crippen LogP contribution in [0.3, 0.4) is 0 Å². The first-order chi connectivity index (χ1) is 16.4. The highest BCUT2D eigenvalue weighted by Gasteiger charge is 2.43. The number of aromatic carboxylic acids is 1. The van der Waals surface area contributed by atoms with Crippen LogP contribution in [0.15, 0.2) is 53.5 Å². The fourth-order valence-corrected chi connectivity index (χ4v) is 5.38. The van der Waals surface area contributed by atoms with Gasteiger partial charge in [0.05, 0.1) is 17.9 Å². The van der Waals surface area contributed by atoms with Crippen LogP contribution in [0.5, 0.6) is 5.75 Å². The predicted octanol–water partition coefficient (Wildman–Crippen LogP) is 4.69. The summed E-state index contributed by atoms with van der Waals surface area (Å²) in [6, 6.07) is 13.5. The van der Waals surface area contributed by atoms with Gasteiger partial charge in [0.1, 0.15) is 11.0 Å². The van der Waals surface area contributed by atoms with Gasteiger partial charge in [-0.1, -0.05) is 24.6 Å². The maximum absolute atomic E-state index is 13.3. The standard InChI is InChI=1S/C25H27N3O5S/c1-2-33-20-13-11-18(12-14-20)27-25-28(19-5-3-4-6-19)23(30)21(34-25)15-22(29)26-17-9-7-16(8-10-17)24(31)32/h7-14,19,21H,2-6,15H2,1H3,(H,26,29)(H,31,32). The molecule has 0 aromatic heterocycles. The second kappa shape index (κ2) is 10.7. The zero-order valence-corrected chi connectivity index (χ0v) is 19.7. The molecule has 2 aromatic rings. The van der Waals surface area contributed by atoms with Crippen LogP contribution in [-0.2, 0) is 9.59 Å². The zero-order chi connectivity index (χ0) is 24.1. The summed E-state index contributed by atoms with van der Waals surface area (Å²) in [5, 5.41) is 11.8. The van der Waals surface area contributed by atoms with Crippen LogP contribution in [0.1, 0.15) is 49.4 Å². The number of amides is 2. The number of carbonyl (C=O) groups excluding carboxylic acids is 2. The molecule has 2 amide bonds. The largest absolute Gasteiger partial charge is 0.494 e. The molecule has 1 aliphatic carbocycles. The van der Waals surface area contributed by atoms with Gasteiger partial charge in [0.2, 0.25) is 11.8 Å². The van der Waals surface area contributed by atoms with Gasteiger partial charge in [0, 0.05) is 18.2 Å². The summed E-state index contributed by atoms with van der Waals surface area (Å²) in [5.41, 5.74) is 1.36. The molecule has 0 spiro atoms. The fourth-order valence-electron chi connectivity index (χ4n) is 4.16. The van der Waals surface area contributed by atoms with E-state index in [2.05, 4.69) is 5.32 Å². The lowest BCUT2D eigenvalue weighted by molar-refractivity contribution is -0.129. The lowest BCUT2D eigenvalue weighted by atomic mass is 10.1. The number of hydrogen-bond acceptors (Lipinski definition) is 6. The number of anilines is 1. The van der Waals surface area contributed by atoms with Gasteiger partial charge in [-0.2, -0.15) is 0 Å². The first kappa shape index (κ1) is 23.8. The number of nitrogens with zero attached hydrogens (tertiary/aromatic N) is 2. The third kappa shape index (κ3) is 5.59. The highest BCUT2D eigenvalue weighted by atomic mass is 32.2. The molecule has 1 atom stereocenters. The molecule has 0 radical (unpaired) electrons. The van der Waals surface area contributed by atoms with Gasteiger partial charge in [-0.25, -0.2) is 9.79 Å². The summed E-state index contributed by atoms with van der Waals surface area (Å²) in [6.07, 6.45) is 4.03. The van der Waals surface area contributed by atoms with Gasteiger partial charge >= 0.3 is 5.97 Å². The van der Waals surface area contributed by atoms with Crippen molar-refractivity contribution in [3.05, 3.63) is 54.1 Å². The van der Waals surface area contributed by atoms with E-state index in [4.69, 9.17) is 14.8 Å². The molecule has 9 heteroatoms. The first-order valence-electron chi connectivity index (χ1n) is 11.4. The first-order valence-corrected chi connectivity index (χ1v) is 12.3. The molecule has 2 N–H and O–H groups in total. The average Bonchev–Trinajstić information content (AvgIpc) is 3.44. The number of amidine groups is 1. The summed E-state index contributed by atoms with van der Waals surface area (Å²) in [4.78, 5) is 43.5. The number of carboxylic acids is 1. The molecule has 1 saturated carbocycles. The van der Waals surface area contributed by atoms with Gasteiger partial charge in [0.15, 0.2) is 5.17 Å². The minimum Gasteiger partial charge on any atom is -0.494 e. The molecule has 0 bridgehead atoms. The molecule has 4 rings (SSSR count). The molecule has 1 heterocycles. The van der Waals surface area contributed by atoms with Crippen molar-refractivity contribution < 1.29 is 24.2 Å². The highest BCUT2D eigenvalue weighted by molar-refractivity contribution is 8.15. The van der Waals surface area contributed by atoms with E-state index < -0.39 is 11.2 Å². The maximum atomic E-state index is 13.3. The van der Waals surface area contributed by atoms with Crippen LogP contribution in [0.25, 0.3) is 0 Å². The Hall–Kier alpha value is -3.33. The number of benzene rings is 2. The smallest absolute Gasteiger partial charge is 0.335 e. The van der Waals surface area contributed by atoms with Crippen molar-refractivity contribution in [2.75, 3.05) is 11.9 Å². The Kier molecular flexibility index (Phi) is 7.52. The maximum Gasteiger partial charge on any atom is 0.335 e. The van der Waals surface area contributed by atoms with Crippen LogP contribution in [0.2, 0.25) is 0 Å². The van der Waals surface area contributed by atoms with E-state index in [0.717, 1.165) is 37.1 Å². The Bertz CT molecular complexity index is 1080. The number of ether oxygens (including phenoxy) is 1. The monoisotopic (exact) mass is 481 g/mol. The molecule has 2 aliphatic rings. The third-order valence-electron chi connectivity index (χ3n) is 5.82. The van der Waals surface area contributed by atoms with E-state index in [1.807, 2.05) is 31.2 Å². The van der Waals surface area contributed by atoms with E-state index in [0.29, 0.717) is 17.5 Å². The topological polar surface area (TPSA) is 108 Å². The SMILES string of the molecule is CCOc1ccc(N=C2SC(CC(=O)Nc3ccc(C(=O)O)cc3)C(=O)N2C2CCCC2)cc1. The van der Waals surface area contributed by atoms with Crippen molar-refractivity contribution in [3.63, 3.8) is 0 Å². The van der Waals surface area contributed by atoms with Gasteiger partial charge < -0.3 is 15.2 Å². The minimum absolute atomic E-state index is 0.00962. The van der Waals surface area contributed by atoms with Crippen LogP contribution in [0.4, 0.5) is 11.4 Å². The van der Waals surface area contributed by atoms with Crippen LogP contribution >= 0.6 is 11.8 Å². The van der Waals surface area contributed by atoms with Crippen molar-refractivity contribution >= 4 is 46.1 Å². The second-order valence-corrected chi connectivity index (χ2v) is 9.38. The van der Waals surface area contributed by atoms with Crippen molar-refractivity contribution in [2.45, 2.75) is 50.3 Å². The zero-order valence-electron chi connectivity index (χ0n) is 18.9. The minimum atomic E-state index is -1.03. The Labute approximate surface area is 202 Å². The number of hydrogen-bond donors (Lipinski definition) is 2. The molecule has 2 aromatic carbocycles. The van der Waals surface area contributed by atoms with E-state index in [-0.39, 0.29) is 29.8 Å². The quantitative estimate of drug-likeness (QED) is 0.566. The fraction of sp³-hybridized carbons (Fsp3) is 0.360. The van der Waals surface area contributed by atoms with Crippen molar-refractivity contribution in [3.8, 4) is 5.75 Å². The molecule has 1 aliphatic heterocycles. The number of aliphatic imine (C=N–C) groups is 1. The number of carboxylic acid groups (broad SMARTS) is 1. The average molecular weight is 482 g/mol. The van der Waals surface area contributed by atoms with Crippen LogP contribution in [-0.4, -0.2) is 50.9 Å². The van der Waals surface area contributed by atoms with E-state index in [1.165, 1.54) is 36.0 Å². The summed E-state index contributed by atoms with van der Waals surface area (Å²) in [5.74, 6) is -0.655. The molecular formula is C25H27N3O5S. The number of thioether (sulfide) groups is 1. The highest BCUT2D eigenvalue weighted by Crippen LogP contribution is 2.37. The number of nitrogens with one attached hydrogen (secondary N) is 1. The molecule has 178 valence electrons. The van der Waals surface area contributed by atoms with E-state index >= 15 is 0 Å². The Morgan fingerprint density at radius 1 is 1.12 bits per heavy atom. The van der Waals surface area contributed by atoms with E-state index in [9.17, 15) is 14.4 Å². The Morgan fingerprint density at radius 3 is 2.41 bits per heavy atom. The normalized spacial score (nSPS) is 19.6. The molecular weight excluding hydrogens is 454 g/mol. The third-order valence-corrected chi connectivity index (χ3v) is 6.97. The molecule has 2 fully saturated rings. The number of rotatable bonds is 8. The van der Waals surface area contributed by atoms with Crippen molar-refractivity contribution in [1.29, 1.82) is 0 Å². The molecule has 34 heavy (non-hydrogen) atoms. The van der Waals surface area contributed by atoms with Crippen LogP contribution in [0, 0.1) is 0 Å². The Balaban J connectivity index is 1.47. The van der Waals surface area contributed by atoms with Gasteiger partial charge in [-0.05, 0) is 68.3 Å². The summed E-state index contributed by atoms with van der Waals surface area (Å²) in [7, 11) is 0. The molecule has 1 saturated heterocycles. The lowest BCUT2D eigenvalue weighted by Gasteiger charge is -2.23. The molecule has 8 nitrogen and oxygen atoms in total. The van der Waals surface area contributed by atoms with Gasteiger partial charge in [-0.3, -0.25) is 14.5 Å². The van der Waals surface area contributed by atoms with Crippen molar-refractivity contribution in [2.24, 2.45) is 4.99 Å². The van der Waals surface area contributed by atoms with Crippen LogP contribution < -0.4 is 10.1 Å². The number of carbonyl (C=O) groups is 3. The Morgan fingerprint density at radius 2 is 1.79 bits per heavy atom. The summed E-state index contributed by atoms with van der Waals surface area (Å²) < 4.78 is 5.49. The van der Waals surface area contributed by atoms with E-state index in [1.54, 1.807) is 4.90 Å². The summed E-state index contributed by atoms with van der Waals surface area (Å²) in [6.45, 7) is 2.51. The molecule has 1 unspecified atom stereocenters. The lowest BCUT2D eigenvalue weighted by Crippen LogP contribution is -2.40. The van der Waals surface area contributed by atoms with Crippen molar-refractivity contribution in [1.82, 2.24) is 4.90 Å². The van der Waals surface area contributed by atoms with Gasteiger partial charge in [-0.15, -0.1) is 0 Å². The van der Waals surface area contributed by atoms with Gasteiger partial charge in [0.25, 0.3) is 0 Å².